The number of aromatic nitrogens is 1. The van der Waals surface area contributed by atoms with E-state index >= 15 is 0 Å². The zero-order chi connectivity index (χ0) is 15.4. The molecular weight excluding hydrogens is 284 g/mol. The highest BCUT2D eigenvalue weighted by Crippen LogP contribution is 2.31. The average molecular weight is 304 g/mol. The standard InChI is InChI=1S/C16H20N2O2S/c1-5-18(13-9-7-8-11(3)10-13)16-17-14(12(4)21-16)15(19)20-6-2/h7-10H,5-6H2,1-4H3. The van der Waals surface area contributed by atoms with Crippen LogP contribution in [-0.2, 0) is 4.74 Å². The molecule has 112 valence electrons. The zero-order valence-electron chi connectivity index (χ0n) is 12.8. The summed E-state index contributed by atoms with van der Waals surface area (Å²) in [4.78, 5) is 19.3. The van der Waals surface area contributed by atoms with E-state index in [2.05, 4.69) is 41.9 Å². The minimum atomic E-state index is -0.349. The first-order valence-electron chi connectivity index (χ1n) is 7.05. The first kappa shape index (κ1) is 15.5. The Morgan fingerprint density at radius 3 is 2.71 bits per heavy atom. The molecule has 5 heteroatoms. The molecule has 2 rings (SSSR count). The number of carbonyl (C=O) groups excluding carboxylic acids is 1. The summed E-state index contributed by atoms with van der Waals surface area (Å²) < 4.78 is 5.05. The second kappa shape index (κ2) is 6.72. The molecule has 0 unspecified atom stereocenters. The van der Waals surface area contributed by atoms with Crippen LogP contribution in [-0.4, -0.2) is 24.1 Å². The number of hydrogen-bond donors (Lipinski definition) is 0. The summed E-state index contributed by atoms with van der Waals surface area (Å²) in [5.41, 5.74) is 2.70. The normalized spacial score (nSPS) is 10.5. The number of aryl methyl sites for hydroxylation is 2. The van der Waals surface area contributed by atoms with Crippen LogP contribution in [0.25, 0.3) is 0 Å². The SMILES string of the molecule is CCOC(=O)c1nc(N(CC)c2cccc(C)c2)sc1C. The minimum Gasteiger partial charge on any atom is -0.461 e. The van der Waals surface area contributed by atoms with Crippen LogP contribution in [0.3, 0.4) is 0 Å². The fourth-order valence-corrected chi connectivity index (χ4v) is 3.09. The van der Waals surface area contributed by atoms with Crippen LogP contribution in [0.4, 0.5) is 10.8 Å². The van der Waals surface area contributed by atoms with Gasteiger partial charge in [0.2, 0.25) is 0 Å². The van der Waals surface area contributed by atoms with Gasteiger partial charge in [-0.05, 0) is 45.4 Å². The number of rotatable bonds is 5. The monoisotopic (exact) mass is 304 g/mol. The number of thiazole rings is 1. The molecule has 1 aromatic carbocycles. The van der Waals surface area contributed by atoms with Crippen LogP contribution >= 0.6 is 11.3 Å². The van der Waals surface area contributed by atoms with Gasteiger partial charge in [-0.25, -0.2) is 9.78 Å². The number of carbonyl (C=O) groups is 1. The Balaban J connectivity index is 2.35. The highest BCUT2D eigenvalue weighted by Gasteiger charge is 2.20. The molecule has 0 aliphatic carbocycles. The third-order valence-electron chi connectivity index (χ3n) is 3.11. The summed E-state index contributed by atoms with van der Waals surface area (Å²) in [5.74, 6) is -0.349. The summed E-state index contributed by atoms with van der Waals surface area (Å²) in [5, 5.41) is 0.823. The number of benzene rings is 1. The predicted octanol–water partition coefficient (Wildman–Crippen LogP) is 4.09. The number of ether oxygens (including phenoxy) is 1. The fraction of sp³-hybridized carbons (Fsp3) is 0.375. The molecule has 0 bridgehead atoms. The van der Waals surface area contributed by atoms with Crippen molar-refractivity contribution in [1.82, 2.24) is 4.98 Å². The Kier molecular flexibility index (Phi) is 4.96. The number of hydrogen-bond acceptors (Lipinski definition) is 5. The summed E-state index contributed by atoms with van der Waals surface area (Å²) in [7, 11) is 0. The van der Waals surface area contributed by atoms with Crippen molar-refractivity contribution in [2.24, 2.45) is 0 Å². The lowest BCUT2D eigenvalue weighted by molar-refractivity contribution is 0.0519. The van der Waals surface area contributed by atoms with Crippen molar-refractivity contribution < 1.29 is 9.53 Å². The van der Waals surface area contributed by atoms with Crippen LogP contribution in [0.15, 0.2) is 24.3 Å². The van der Waals surface area contributed by atoms with Crippen LogP contribution in [0.2, 0.25) is 0 Å². The van der Waals surface area contributed by atoms with Crippen LogP contribution in [0.5, 0.6) is 0 Å². The van der Waals surface area contributed by atoms with E-state index in [1.54, 1.807) is 6.92 Å². The molecule has 4 nitrogen and oxygen atoms in total. The van der Waals surface area contributed by atoms with Gasteiger partial charge in [0.05, 0.1) is 6.61 Å². The molecule has 0 radical (unpaired) electrons. The quantitative estimate of drug-likeness (QED) is 0.780. The lowest BCUT2D eigenvalue weighted by Gasteiger charge is -2.20. The first-order valence-corrected chi connectivity index (χ1v) is 7.87. The van der Waals surface area contributed by atoms with Crippen LogP contribution in [0, 0.1) is 13.8 Å². The van der Waals surface area contributed by atoms with E-state index in [0.717, 1.165) is 22.2 Å². The van der Waals surface area contributed by atoms with E-state index in [9.17, 15) is 4.79 Å². The third kappa shape index (κ3) is 3.42. The largest absolute Gasteiger partial charge is 0.461 e. The van der Waals surface area contributed by atoms with E-state index in [4.69, 9.17) is 4.74 Å². The molecule has 21 heavy (non-hydrogen) atoms. The molecule has 1 heterocycles. The van der Waals surface area contributed by atoms with Crippen molar-refractivity contribution in [3.63, 3.8) is 0 Å². The maximum atomic E-state index is 11.9. The van der Waals surface area contributed by atoms with Gasteiger partial charge in [-0.15, -0.1) is 11.3 Å². The fourth-order valence-electron chi connectivity index (χ4n) is 2.11. The van der Waals surface area contributed by atoms with Crippen molar-refractivity contribution in [3.05, 3.63) is 40.4 Å². The maximum absolute atomic E-state index is 11.9. The maximum Gasteiger partial charge on any atom is 0.358 e. The Labute approximate surface area is 129 Å². The van der Waals surface area contributed by atoms with Gasteiger partial charge in [0, 0.05) is 17.1 Å². The number of anilines is 2. The van der Waals surface area contributed by atoms with E-state index in [1.807, 2.05) is 13.0 Å². The topological polar surface area (TPSA) is 42.4 Å². The zero-order valence-corrected chi connectivity index (χ0v) is 13.7. The highest BCUT2D eigenvalue weighted by atomic mass is 32.1. The average Bonchev–Trinajstić information content (AvgIpc) is 2.82. The highest BCUT2D eigenvalue weighted by molar-refractivity contribution is 7.15. The molecule has 0 atom stereocenters. The smallest absolute Gasteiger partial charge is 0.358 e. The first-order chi connectivity index (χ1) is 10.1. The van der Waals surface area contributed by atoms with Crippen LogP contribution < -0.4 is 4.90 Å². The molecule has 0 aliphatic heterocycles. The van der Waals surface area contributed by atoms with Crippen molar-refractivity contribution >= 4 is 28.1 Å². The summed E-state index contributed by atoms with van der Waals surface area (Å²) in [6.07, 6.45) is 0. The van der Waals surface area contributed by atoms with Crippen molar-refractivity contribution in [2.45, 2.75) is 27.7 Å². The van der Waals surface area contributed by atoms with Crippen molar-refractivity contribution in [3.8, 4) is 0 Å². The van der Waals surface area contributed by atoms with E-state index in [0.29, 0.717) is 12.3 Å². The Hall–Kier alpha value is -1.88. The molecular formula is C16H20N2O2S. The summed E-state index contributed by atoms with van der Waals surface area (Å²) in [6, 6.07) is 8.26. The van der Waals surface area contributed by atoms with E-state index < -0.39 is 0 Å². The Bertz CT molecular complexity index is 637. The van der Waals surface area contributed by atoms with Gasteiger partial charge in [0.1, 0.15) is 0 Å². The summed E-state index contributed by atoms with van der Waals surface area (Å²) in [6.45, 7) is 8.99. The molecule has 0 saturated heterocycles. The second-order valence-corrected chi connectivity index (χ2v) is 5.89. The molecule has 0 aliphatic rings. The van der Waals surface area contributed by atoms with Gasteiger partial charge >= 0.3 is 5.97 Å². The number of nitrogens with zero attached hydrogens (tertiary/aromatic N) is 2. The predicted molar refractivity (Wildman–Crippen MR) is 86.7 cm³/mol. The van der Waals surface area contributed by atoms with E-state index in [1.165, 1.54) is 16.9 Å². The van der Waals surface area contributed by atoms with Crippen molar-refractivity contribution in [2.75, 3.05) is 18.1 Å². The van der Waals surface area contributed by atoms with E-state index in [-0.39, 0.29) is 5.97 Å². The second-order valence-electron chi connectivity index (χ2n) is 4.70. The lowest BCUT2D eigenvalue weighted by Crippen LogP contribution is -2.16. The van der Waals surface area contributed by atoms with Gasteiger partial charge in [-0.3, -0.25) is 0 Å². The number of esters is 1. The van der Waals surface area contributed by atoms with Gasteiger partial charge in [0.15, 0.2) is 10.8 Å². The molecule has 2 aromatic rings. The van der Waals surface area contributed by atoms with Crippen LogP contribution in [0.1, 0.15) is 34.8 Å². The van der Waals surface area contributed by atoms with Gasteiger partial charge in [-0.2, -0.15) is 0 Å². The van der Waals surface area contributed by atoms with Gasteiger partial charge in [0.25, 0.3) is 0 Å². The van der Waals surface area contributed by atoms with Gasteiger partial charge in [-0.1, -0.05) is 12.1 Å². The van der Waals surface area contributed by atoms with Gasteiger partial charge < -0.3 is 9.64 Å². The molecule has 0 spiro atoms. The third-order valence-corrected chi connectivity index (χ3v) is 4.11. The molecule has 0 fully saturated rings. The minimum absolute atomic E-state index is 0.349. The molecule has 0 amide bonds. The molecule has 1 aromatic heterocycles. The Morgan fingerprint density at radius 1 is 1.33 bits per heavy atom. The molecule has 0 saturated carbocycles. The lowest BCUT2D eigenvalue weighted by atomic mass is 10.2. The van der Waals surface area contributed by atoms with Crippen molar-refractivity contribution in [1.29, 1.82) is 0 Å². The Morgan fingerprint density at radius 2 is 2.10 bits per heavy atom. The summed E-state index contributed by atoms with van der Waals surface area (Å²) >= 11 is 1.52. The molecule has 0 N–H and O–H groups in total.